The van der Waals surface area contributed by atoms with Gasteiger partial charge in [-0.25, -0.2) is 4.39 Å². The van der Waals surface area contributed by atoms with E-state index in [2.05, 4.69) is 24.1 Å². The molecule has 1 saturated heterocycles. The minimum atomic E-state index is -0.143. The van der Waals surface area contributed by atoms with E-state index in [-0.39, 0.29) is 11.9 Å². The highest BCUT2D eigenvalue weighted by Crippen LogP contribution is 2.22. The molecule has 3 heteroatoms. The van der Waals surface area contributed by atoms with Gasteiger partial charge in [-0.15, -0.1) is 0 Å². The van der Waals surface area contributed by atoms with Crippen LogP contribution in [0.2, 0.25) is 0 Å². The van der Waals surface area contributed by atoms with Crippen molar-refractivity contribution in [3.05, 3.63) is 35.6 Å². The van der Waals surface area contributed by atoms with Crippen LogP contribution >= 0.6 is 0 Å². The van der Waals surface area contributed by atoms with Gasteiger partial charge in [-0.3, -0.25) is 4.90 Å². The van der Waals surface area contributed by atoms with Gasteiger partial charge in [0.1, 0.15) is 5.82 Å². The Hall–Kier alpha value is -0.930. The molecule has 1 heterocycles. The largest absolute Gasteiger partial charge is 0.315 e. The van der Waals surface area contributed by atoms with E-state index < -0.39 is 0 Å². The van der Waals surface area contributed by atoms with Crippen LogP contribution in [0, 0.1) is 11.7 Å². The lowest BCUT2D eigenvalue weighted by Crippen LogP contribution is -2.32. The molecule has 94 valence electrons. The highest BCUT2D eigenvalue weighted by Gasteiger charge is 2.20. The average molecular weight is 236 g/mol. The molecule has 0 spiro atoms. The molecule has 1 fully saturated rings. The maximum atomic E-state index is 13.2. The quantitative estimate of drug-likeness (QED) is 0.848. The maximum absolute atomic E-state index is 13.2. The second kappa shape index (κ2) is 5.61. The number of nitrogens with one attached hydrogen (secondary N) is 1. The molecular weight excluding hydrogens is 215 g/mol. The zero-order valence-corrected chi connectivity index (χ0v) is 10.6. The normalized spacial score (nSPS) is 24.3. The van der Waals surface area contributed by atoms with Crippen LogP contribution in [-0.4, -0.2) is 31.1 Å². The fraction of sp³-hybridized carbons (Fsp3) is 0.571. The Morgan fingerprint density at radius 3 is 3.06 bits per heavy atom. The first-order chi connectivity index (χ1) is 8.16. The number of hydrogen-bond acceptors (Lipinski definition) is 2. The SMILES string of the molecule is CC1CNCCN(C(C)c2cccc(F)c2)C1. The summed E-state index contributed by atoms with van der Waals surface area (Å²) < 4.78 is 13.2. The lowest BCUT2D eigenvalue weighted by Gasteiger charge is -2.29. The number of halogens is 1. The summed E-state index contributed by atoms with van der Waals surface area (Å²) in [7, 11) is 0. The summed E-state index contributed by atoms with van der Waals surface area (Å²) in [6.45, 7) is 8.61. The number of rotatable bonds is 2. The first kappa shape index (κ1) is 12.5. The first-order valence-electron chi connectivity index (χ1n) is 6.37. The van der Waals surface area contributed by atoms with Gasteiger partial charge < -0.3 is 5.32 Å². The van der Waals surface area contributed by atoms with E-state index in [4.69, 9.17) is 0 Å². The molecule has 17 heavy (non-hydrogen) atoms. The minimum absolute atomic E-state index is 0.143. The summed E-state index contributed by atoms with van der Waals surface area (Å²) in [5, 5.41) is 3.43. The Bertz CT molecular complexity index is 367. The van der Waals surface area contributed by atoms with E-state index in [1.165, 1.54) is 6.07 Å². The molecule has 2 unspecified atom stereocenters. The van der Waals surface area contributed by atoms with Gasteiger partial charge in [-0.05, 0) is 37.1 Å². The van der Waals surface area contributed by atoms with Gasteiger partial charge in [0.05, 0.1) is 0 Å². The molecule has 0 amide bonds. The summed E-state index contributed by atoms with van der Waals surface area (Å²) in [6, 6.07) is 7.24. The molecule has 0 bridgehead atoms. The zero-order chi connectivity index (χ0) is 12.3. The van der Waals surface area contributed by atoms with Crippen molar-refractivity contribution in [2.45, 2.75) is 19.9 Å². The smallest absolute Gasteiger partial charge is 0.123 e. The van der Waals surface area contributed by atoms with Gasteiger partial charge in [0.2, 0.25) is 0 Å². The van der Waals surface area contributed by atoms with E-state index in [9.17, 15) is 4.39 Å². The molecule has 1 N–H and O–H groups in total. The van der Waals surface area contributed by atoms with E-state index in [1.807, 2.05) is 6.07 Å². The summed E-state index contributed by atoms with van der Waals surface area (Å²) >= 11 is 0. The van der Waals surface area contributed by atoms with Gasteiger partial charge >= 0.3 is 0 Å². The molecular formula is C14H21FN2. The summed E-state index contributed by atoms with van der Waals surface area (Å²) in [5.41, 5.74) is 1.07. The fourth-order valence-electron chi connectivity index (χ4n) is 2.46. The number of benzene rings is 1. The van der Waals surface area contributed by atoms with Crippen LogP contribution < -0.4 is 5.32 Å². The highest BCUT2D eigenvalue weighted by atomic mass is 19.1. The molecule has 0 saturated carbocycles. The minimum Gasteiger partial charge on any atom is -0.315 e. The fourth-order valence-corrected chi connectivity index (χ4v) is 2.46. The molecule has 0 aliphatic carbocycles. The molecule has 1 aromatic carbocycles. The summed E-state index contributed by atoms with van der Waals surface area (Å²) in [6.07, 6.45) is 0. The predicted octanol–water partition coefficient (Wildman–Crippen LogP) is 2.43. The second-order valence-corrected chi connectivity index (χ2v) is 5.04. The van der Waals surface area contributed by atoms with E-state index in [0.717, 1.165) is 31.7 Å². The van der Waals surface area contributed by atoms with Gasteiger partial charge in [-0.2, -0.15) is 0 Å². The van der Waals surface area contributed by atoms with E-state index in [0.29, 0.717) is 5.92 Å². The molecule has 2 atom stereocenters. The monoisotopic (exact) mass is 236 g/mol. The third-order valence-electron chi connectivity index (χ3n) is 3.49. The van der Waals surface area contributed by atoms with Crippen LogP contribution in [0.3, 0.4) is 0 Å². The summed E-state index contributed by atoms with van der Waals surface area (Å²) in [5.74, 6) is 0.504. The molecule has 1 aromatic rings. The molecule has 2 rings (SSSR count). The molecule has 1 aliphatic heterocycles. The van der Waals surface area contributed by atoms with Crippen LogP contribution in [0.4, 0.5) is 4.39 Å². The summed E-state index contributed by atoms with van der Waals surface area (Å²) in [4.78, 5) is 2.43. The van der Waals surface area contributed by atoms with Gasteiger partial charge in [0.15, 0.2) is 0 Å². The van der Waals surface area contributed by atoms with Crippen LogP contribution in [0.5, 0.6) is 0 Å². The van der Waals surface area contributed by atoms with Crippen molar-refractivity contribution in [2.75, 3.05) is 26.2 Å². The van der Waals surface area contributed by atoms with Crippen LogP contribution in [0.15, 0.2) is 24.3 Å². The Morgan fingerprint density at radius 2 is 2.29 bits per heavy atom. The molecule has 1 aliphatic rings. The zero-order valence-electron chi connectivity index (χ0n) is 10.6. The number of nitrogens with zero attached hydrogens (tertiary/aromatic N) is 1. The van der Waals surface area contributed by atoms with Gasteiger partial charge in [-0.1, -0.05) is 19.1 Å². The Balaban J connectivity index is 2.10. The second-order valence-electron chi connectivity index (χ2n) is 5.04. The van der Waals surface area contributed by atoms with Crippen LogP contribution in [0.25, 0.3) is 0 Å². The Morgan fingerprint density at radius 1 is 1.47 bits per heavy atom. The highest BCUT2D eigenvalue weighted by molar-refractivity contribution is 5.19. The first-order valence-corrected chi connectivity index (χ1v) is 6.37. The van der Waals surface area contributed by atoms with Crippen molar-refractivity contribution < 1.29 is 4.39 Å². The average Bonchev–Trinajstić information content (AvgIpc) is 2.53. The van der Waals surface area contributed by atoms with Crippen molar-refractivity contribution in [1.29, 1.82) is 0 Å². The van der Waals surface area contributed by atoms with Crippen molar-refractivity contribution >= 4 is 0 Å². The van der Waals surface area contributed by atoms with E-state index in [1.54, 1.807) is 12.1 Å². The third-order valence-corrected chi connectivity index (χ3v) is 3.49. The molecule has 0 aromatic heterocycles. The third kappa shape index (κ3) is 3.27. The predicted molar refractivity (Wildman–Crippen MR) is 68.4 cm³/mol. The van der Waals surface area contributed by atoms with Crippen molar-refractivity contribution in [1.82, 2.24) is 10.2 Å². The van der Waals surface area contributed by atoms with Crippen molar-refractivity contribution in [3.63, 3.8) is 0 Å². The van der Waals surface area contributed by atoms with Gasteiger partial charge in [0, 0.05) is 25.7 Å². The van der Waals surface area contributed by atoms with Crippen molar-refractivity contribution in [2.24, 2.45) is 5.92 Å². The maximum Gasteiger partial charge on any atom is 0.123 e. The van der Waals surface area contributed by atoms with Crippen molar-refractivity contribution in [3.8, 4) is 0 Å². The van der Waals surface area contributed by atoms with Crippen LogP contribution in [-0.2, 0) is 0 Å². The van der Waals surface area contributed by atoms with Crippen LogP contribution in [0.1, 0.15) is 25.5 Å². The topological polar surface area (TPSA) is 15.3 Å². The lowest BCUT2D eigenvalue weighted by molar-refractivity contribution is 0.204. The molecule has 2 nitrogen and oxygen atoms in total. The lowest BCUT2D eigenvalue weighted by atomic mass is 10.1. The standard InChI is InChI=1S/C14H21FN2/c1-11-9-16-6-7-17(10-11)12(2)13-4-3-5-14(15)8-13/h3-5,8,11-12,16H,6-7,9-10H2,1-2H3. The Labute approximate surface area is 103 Å². The van der Waals surface area contributed by atoms with E-state index >= 15 is 0 Å². The van der Waals surface area contributed by atoms with Gasteiger partial charge in [0.25, 0.3) is 0 Å². The Kier molecular flexibility index (Phi) is 4.13. The number of hydrogen-bond donors (Lipinski definition) is 1. The molecule has 0 radical (unpaired) electrons.